The molecule has 1 aliphatic heterocycles. The summed E-state index contributed by atoms with van der Waals surface area (Å²) in [7, 11) is 0. The summed E-state index contributed by atoms with van der Waals surface area (Å²) in [5.74, 6) is 0.247. The summed E-state index contributed by atoms with van der Waals surface area (Å²) in [6, 6.07) is 12.1. The van der Waals surface area contributed by atoms with E-state index < -0.39 is 0 Å². The Bertz CT molecular complexity index is 1080. The first-order valence-electron chi connectivity index (χ1n) is 9.85. The fourth-order valence-electron chi connectivity index (χ4n) is 3.62. The quantitative estimate of drug-likeness (QED) is 0.486. The molecular weight excluding hydrogens is 402 g/mol. The highest BCUT2D eigenvalue weighted by Gasteiger charge is 2.23. The third kappa shape index (κ3) is 3.95. The highest BCUT2D eigenvalue weighted by Crippen LogP contribution is 2.28. The lowest BCUT2D eigenvalue weighted by atomic mass is 10.2. The SMILES string of the molecule is O=C(CCCc1nc2ccccc2s1)N1CCN(c2nc3cccnc3s2)CC1. The summed E-state index contributed by atoms with van der Waals surface area (Å²) in [6.07, 6.45) is 4.10. The molecule has 29 heavy (non-hydrogen) atoms. The van der Waals surface area contributed by atoms with Crippen molar-refractivity contribution in [2.75, 3.05) is 31.1 Å². The fourth-order valence-corrected chi connectivity index (χ4v) is 5.59. The summed E-state index contributed by atoms with van der Waals surface area (Å²) < 4.78 is 1.22. The predicted molar refractivity (Wildman–Crippen MR) is 119 cm³/mol. The molecule has 0 saturated carbocycles. The van der Waals surface area contributed by atoms with Gasteiger partial charge in [0.15, 0.2) is 5.13 Å². The van der Waals surface area contributed by atoms with Gasteiger partial charge >= 0.3 is 0 Å². The number of aryl methyl sites for hydroxylation is 1. The zero-order valence-corrected chi connectivity index (χ0v) is 17.6. The second-order valence-corrected chi connectivity index (χ2v) is 9.19. The van der Waals surface area contributed by atoms with E-state index in [0.29, 0.717) is 6.42 Å². The van der Waals surface area contributed by atoms with Gasteiger partial charge in [0.25, 0.3) is 0 Å². The van der Waals surface area contributed by atoms with Crippen molar-refractivity contribution < 1.29 is 4.79 Å². The van der Waals surface area contributed by atoms with Crippen molar-refractivity contribution in [2.45, 2.75) is 19.3 Å². The summed E-state index contributed by atoms with van der Waals surface area (Å²) in [4.78, 5) is 31.5. The van der Waals surface area contributed by atoms with Crippen molar-refractivity contribution in [3.63, 3.8) is 0 Å². The van der Waals surface area contributed by atoms with Crippen LogP contribution in [0.15, 0.2) is 42.6 Å². The van der Waals surface area contributed by atoms with Crippen LogP contribution in [0.25, 0.3) is 20.6 Å². The molecule has 1 saturated heterocycles. The summed E-state index contributed by atoms with van der Waals surface area (Å²) in [6.45, 7) is 3.15. The third-order valence-corrected chi connectivity index (χ3v) is 7.31. The van der Waals surface area contributed by atoms with Gasteiger partial charge in [-0.2, -0.15) is 0 Å². The van der Waals surface area contributed by atoms with Crippen LogP contribution in [0.2, 0.25) is 0 Å². The number of nitrogens with zero attached hydrogens (tertiary/aromatic N) is 5. The molecule has 4 heterocycles. The number of para-hydroxylation sites is 1. The van der Waals surface area contributed by atoms with Gasteiger partial charge in [-0.15, -0.1) is 11.3 Å². The van der Waals surface area contributed by atoms with Gasteiger partial charge in [-0.25, -0.2) is 15.0 Å². The van der Waals surface area contributed by atoms with Crippen LogP contribution in [0.3, 0.4) is 0 Å². The zero-order valence-electron chi connectivity index (χ0n) is 16.0. The van der Waals surface area contributed by atoms with Crippen LogP contribution in [-0.4, -0.2) is 51.9 Å². The number of hydrogen-bond donors (Lipinski definition) is 0. The molecule has 8 heteroatoms. The minimum atomic E-state index is 0.247. The normalized spacial score (nSPS) is 14.8. The van der Waals surface area contributed by atoms with E-state index in [4.69, 9.17) is 0 Å². The second-order valence-electron chi connectivity index (χ2n) is 7.12. The first-order valence-corrected chi connectivity index (χ1v) is 11.5. The minimum absolute atomic E-state index is 0.247. The Balaban J connectivity index is 1.12. The fraction of sp³-hybridized carbons (Fsp3) is 0.333. The Morgan fingerprint density at radius 2 is 1.79 bits per heavy atom. The van der Waals surface area contributed by atoms with Crippen LogP contribution in [0.4, 0.5) is 5.13 Å². The Morgan fingerprint density at radius 1 is 0.966 bits per heavy atom. The molecule has 0 N–H and O–H groups in total. The van der Waals surface area contributed by atoms with Gasteiger partial charge < -0.3 is 9.80 Å². The van der Waals surface area contributed by atoms with Crippen molar-refractivity contribution in [2.24, 2.45) is 0 Å². The van der Waals surface area contributed by atoms with Crippen LogP contribution in [0.1, 0.15) is 17.8 Å². The number of aromatic nitrogens is 3. The molecule has 1 fully saturated rings. The van der Waals surface area contributed by atoms with Crippen molar-refractivity contribution in [1.29, 1.82) is 0 Å². The number of pyridine rings is 1. The molecule has 6 nitrogen and oxygen atoms in total. The minimum Gasteiger partial charge on any atom is -0.344 e. The van der Waals surface area contributed by atoms with Crippen LogP contribution in [0, 0.1) is 0 Å². The van der Waals surface area contributed by atoms with E-state index in [1.165, 1.54) is 4.70 Å². The van der Waals surface area contributed by atoms with E-state index >= 15 is 0 Å². The highest BCUT2D eigenvalue weighted by atomic mass is 32.1. The monoisotopic (exact) mass is 423 g/mol. The molecule has 0 spiro atoms. The van der Waals surface area contributed by atoms with Crippen LogP contribution in [0.5, 0.6) is 0 Å². The summed E-state index contributed by atoms with van der Waals surface area (Å²) in [5.41, 5.74) is 2.00. The largest absolute Gasteiger partial charge is 0.344 e. The number of thiazole rings is 2. The van der Waals surface area contributed by atoms with E-state index in [1.54, 1.807) is 28.9 Å². The lowest BCUT2D eigenvalue weighted by Crippen LogP contribution is -2.48. The maximum atomic E-state index is 12.6. The Morgan fingerprint density at radius 3 is 2.62 bits per heavy atom. The van der Waals surface area contributed by atoms with Gasteiger partial charge in [0, 0.05) is 38.8 Å². The molecule has 1 aromatic carbocycles. The Labute approximate surface area is 176 Å². The number of carbonyl (C=O) groups is 1. The Hall–Kier alpha value is -2.58. The lowest BCUT2D eigenvalue weighted by molar-refractivity contribution is -0.131. The molecule has 5 rings (SSSR count). The van der Waals surface area contributed by atoms with E-state index in [0.717, 1.165) is 65.0 Å². The average Bonchev–Trinajstić information content (AvgIpc) is 3.37. The highest BCUT2D eigenvalue weighted by molar-refractivity contribution is 7.21. The number of benzene rings is 1. The van der Waals surface area contributed by atoms with Gasteiger partial charge in [-0.3, -0.25) is 4.79 Å². The summed E-state index contributed by atoms with van der Waals surface area (Å²) >= 11 is 3.35. The summed E-state index contributed by atoms with van der Waals surface area (Å²) in [5, 5.41) is 2.12. The van der Waals surface area contributed by atoms with Crippen LogP contribution < -0.4 is 4.90 Å². The van der Waals surface area contributed by atoms with E-state index in [9.17, 15) is 4.79 Å². The van der Waals surface area contributed by atoms with Gasteiger partial charge in [-0.05, 0) is 37.1 Å². The number of rotatable bonds is 5. The number of carbonyl (C=O) groups excluding carboxylic acids is 1. The average molecular weight is 424 g/mol. The smallest absolute Gasteiger partial charge is 0.222 e. The number of amides is 1. The van der Waals surface area contributed by atoms with Crippen molar-refractivity contribution >= 4 is 54.3 Å². The molecule has 0 radical (unpaired) electrons. The molecule has 0 unspecified atom stereocenters. The maximum Gasteiger partial charge on any atom is 0.222 e. The number of piperazine rings is 1. The lowest BCUT2D eigenvalue weighted by Gasteiger charge is -2.34. The first kappa shape index (κ1) is 18.4. The molecule has 1 aliphatic rings. The number of anilines is 1. The molecule has 148 valence electrons. The molecule has 0 aliphatic carbocycles. The molecule has 0 atom stereocenters. The van der Waals surface area contributed by atoms with Crippen molar-refractivity contribution in [3.05, 3.63) is 47.6 Å². The predicted octanol–water partition coefficient (Wildman–Crippen LogP) is 3.97. The van der Waals surface area contributed by atoms with Crippen molar-refractivity contribution in [1.82, 2.24) is 19.9 Å². The van der Waals surface area contributed by atoms with Crippen molar-refractivity contribution in [3.8, 4) is 0 Å². The van der Waals surface area contributed by atoms with E-state index in [1.807, 2.05) is 35.2 Å². The van der Waals surface area contributed by atoms with Crippen LogP contribution in [-0.2, 0) is 11.2 Å². The van der Waals surface area contributed by atoms with Gasteiger partial charge in [0.2, 0.25) is 5.91 Å². The third-order valence-electron chi connectivity index (χ3n) is 5.18. The second kappa shape index (κ2) is 8.04. The van der Waals surface area contributed by atoms with Gasteiger partial charge in [0.1, 0.15) is 10.3 Å². The van der Waals surface area contributed by atoms with E-state index in [2.05, 4.69) is 25.9 Å². The molecule has 1 amide bonds. The topological polar surface area (TPSA) is 62.2 Å². The Kier molecular flexibility index (Phi) is 5.12. The number of fused-ring (bicyclic) bond motifs is 2. The molecule has 0 bridgehead atoms. The number of hydrogen-bond acceptors (Lipinski definition) is 7. The first-order chi connectivity index (χ1) is 14.3. The maximum absolute atomic E-state index is 12.6. The molecule has 3 aromatic heterocycles. The standard InChI is InChI=1S/C21H21N5OS2/c27-19(9-3-8-18-23-15-5-1-2-7-17(15)28-18)25-11-13-26(14-12-25)21-24-16-6-4-10-22-20(16)29-21/h1-2,4-7,10H,3,8-9,11-14H2. The van der Waals surface area contributed by atoms with E-state index in [-0.39, 0.29) is 5.91 Å². The molecular formula is C21H21N5OS2. The molecule has 4 aromatic rings. The zero-order chi connectivity index (χ0) is 19.6. The van der Waals surface area contributed by atoms with Gasteiger partial charge in [0.05, 0.1) is 15.2 Å². The van der Waals surface area contributed by atoms with Crippen LogP contribution >= 0.6 is 22.7 Å². The van der Waals surface area contributed by atoms with Gasteiger partial charge in [-0.1, -0.05) is 23.5 Å².